The molecule has 1 N–H and O–H groups in total. The van der Waals surface area contributed by atoms with E-state index >= 15 is 0 Å². The van der Waals surface area contributed by atoms with E-state index in [2.05, 4.69) is 4.74 Å². The van der Waals surface area contributed by atoms with Crippen LogP contribution in [0.25, 0.3) is 0 Å². The summed E-state index contributed by atoms with van der Waals surface area (Å²) < 4.78 is 162. The molecule has 2 saturated carbocycles. The molecular formula is C18H20F12O4. The van der Waals surface area contributed by atoms with Crippen LogP contribution in [0.15, 0.2) is 0 Å². The van der Waals surface area contributed by atoms with Crippen LogP contribution in [-0.4, -0.2) is 60.2 Å². The van der Waals surface area contributed by atoms with Crippen molar-refractivity contribution in [1.29, 1.82) is 0 Å². The van der Waals surface area contributed by atoms with Gasteiger partial charge in [0.1, 0.15) is 6.10 Å². The third-order valence-electron chi connectivity index (χ3n) is 6.16. The van der Waals surface area contributed by atoms with E-state index in [1.807, 2.05) is 0 Å². The van der Waals surface area contributed by atoms with Crippen molar-refractivity contribution in [3.63, 3.8) is 0 Å². The summed E-state index contributed by atoms with van der Waals surface area (Å²) in [6.45, 7) is -0.461. The quantitative estimate of drug-likeness (QED) is 0.359. The average Bonchev–Trinajstić information content (AvgIpc) is 3.16. The second-order valence-electron chi connectivity index (χ2n) is 8.73. The minimum Gasteiger partial charge on any atom is -0.462 e. The van der Waals surface area contributed by atoms with Gasteiger partial charge in [0, 0.05) is 0 Å². The fourth-order valence-corrected chi connectivity index (χ4v) is 4.52. The maximum Gasteiger partial charge on any atom is 0.426 e. The van der Waals surface area contributed by atoms with E-state index in [1.54, 1.807) is 0 Å². The Labute approximate surface area is 184 Å². The fraction of sp³-hybridized carbons (Fsp3) is 0.944. The summed E-state index contributed by atoms with van der Waals surface area (Å²) in [5.41, 5.74) is -4.99. The van der Waals surface area contributed by atoms with E-state index in [9.17, 15) is 62.6 Å². The molecule has 0 spiro atoms. The van der Waals surface area contributed by atoms with E-state index in [4.69, 9.17) is 4.74 Å². The lowest BCUT2D eigenvalue weighted by Gasteiger charge is -2.38. The van der Waals surface area contributed by atoms with Crippen molar-refractivity contribution in [2.45, 2.75) is 75.1 Å². The number of hydrogen-bond donors (Lipinski definition) is 1. The first kappa shape index (κ1) is 28.8. The minimum atomic E-state index is -6.03. The molecule has 2 aliphatic rings. The van der Waals surface area contributed by atoms with Crippen molar-refractivity contribution in [2.75, 3.05) is 6.61 Å². The van der Waals surface area contributed by atoms with Crippen molar-refractivity contribution in [2.24, 2.45) is 23.7 Å². The van der Waals surface area contributed by atoms with Crippen LogP contribution in [0.1, 0.15) is 32.6 Å². The van der Waals surface area contributed by atoms with Gasteiger partial charge in [-0.15, -0.1) is 0 Å². The zero-order chi connectivity index (χ0) is 26.5. The summed E-state index contributed by atoms with van der Waals surface area (Å²) in [6, 6.07) is 0. The highest BCUT2D eigenvalue weighted by molar-refractivity contribution is 5.72. The molecule has 4 nitrogen and oxygen atoms in total. The molecule has 0 radical (unpaired) electrons. The van der Waals surface area contributed by atoms with Crippen LogP contribution in [0.5, 0.6) is 0 Å². The van der Waals surface area contributed by atoms with Gasteiger partial charge in [0.25, 0.3) is 5.60 Å². The standard InChI is InChI=1S/C18H20F12O4/c1-7(6-33-13(15(19,20)21)16(22,23)24)12(31)34-11-4-8-2-9(10(11)3-8)5-14(32,17(25,26)27)18(28,29)30/h7-11,13,32H,2-6H2,1H3. The smallest absolute Gasteiger partial charge is 0.426 e. The maximum absolute atomic E-state index is 13.0. The first-order valence-corrected chi connectivity index (χ1v) is 9.89. The maximum atomic E-state index is 13.0. The molecule has 0 aliphatic heterocycles. The van der Waals surface area contributed by atoms with Gasteiger partial charge in [0.05, 0.1) is 12.5 Å². The molecule has 0 aromatic carbocycles. The number of ether oxygens (including phenoxy) is 2. The fourth-order valence-electron chi connectivity index (χ4n) is 4.52. The average molecular weight is 528 g/mol. The van der Waals surface area contributed by atoms with Gasteiger partial charge in [0.15, 0.2) is 0 Å². The molecule has 0 amide bonds. The number of halogens is 12. The molecule has 0 saturated heterocycles. The first-order valence-electron chi connectivity index (χ1n) is 9.89. The molecule has 2 bridgehead atoms. The predicted molar refractivity (Wildman–Crippen MR) is 86.9 cm³/mol. The van der Waals surface area contributed by atoms with Crippen molar-refractivity contribution >= 4 is 5.97 Å². The molecule has 200 valence electrons. The van der Waals surface area contributed by atoms with Gasteiger partial charge in [0.2, 0.25) is 6.10 Å². The van der Waals surface area contributed by atoms with Gasteiger partial charge in [-0.25, -0.2) is 0 Å². The van der Waals surface area contributed by atoms with Gasteiger partial charge < -0.3 is 14.6 Å². The van der Waals surface area contributed by atoms with Crippen LogP contribution in [0.2, 0.25) is 0 Å². The zero-order valence-corrected chi connectivity index (χ0v) is 17.2. The molecule has 34 heavy (non-hydrogen) atoms. The number of alkyl halides is 12. The molecule has 2 fully saturated rings. The Kier molecular flexibility index (Phi) is 7.80. The second-order valence-corrected chi connectivity index (χ2v) is 8.73. The van der Waals surface area contributed by atoms with Gasteiger partial charge in [-0.3, -0.25) is 4.79 Å². The van der Waals surface area contributed by atoms with Gasteiger partial charge in [-0.2, -0.15) is 52.7 Å². The first-order chi connectivity index (χ1) is 15.1. The van der Waals surface area contributed by atoms with Crippen LogP contribution in [0.3, 0.4) is 0 Å². The molecule has 16 heteroatoms. The number of fused-ring (bicyclic) bond motifs is 2. The summed E-state index contributed by atoms with van der Waals surface area (Å²) in [5, 5.41) is 9.42. The third kappa shape index (κ3) is 6.02. The topological polar surface area (TPSA) is 55.8 Å². The van der Waals surface area contributed by atoms with Crippen LogP contribution < -0.4 is 0 Å². The Morgan fingerprint density at radius 3 is 1.79 bits per heavy atom. The van der Waals surface area contributed by atoms with Crippen LogP contribution >= 0.6 is 0 Å². The lowest BCUT2D eigenvalue weighted by Crippen LogP contribution is -2.58. The van der Waals surface area contributed by atoms with Crippen molar-refractivity contribution in [3.05, 3.63) is 0 Å². The Bertz CT molecular complexity index is 698. The molecule has 0 aromatic rings. The van der Waals surface area contributed by atoms with Gasteiger partial charge >= 0.3 is 30.7 Å². The number of hydrogen-bond acceptors (Lipinski definition) is 4. The second kappa shape index (κ2) is 9.21. The van der Waals surface area contributed by atoms with E-state index in [0.29, 0.717) is 0 Å². The molecule has 2 rings (SSSR count). The van der Waals surface area contributed by atoms with E-state index in [-0.39, 0.29) is 19.3 Å². The summed E-state index contributed by atoms with van der Waals surface area (Å²) in [5.74, 6) is -5.73. The SMILES string of the molecule is CC(COC(C(F)(F)F)C(F)(F)F)C(=O)OC1CC2CC(CC(O)(C(F)(F)F)C(F)(F)F)C1C2. The Morgan fingerprint density at radius 2 is 1.38 bits per heavy atom. The van der Waals surface area contributed by atoms with Crippen LogP contribution in [0, 0.1) is 23.7 Å². The zero-order valence-electron chi connectivity index (χ0n) is 17.2. The van der Waals surface area contributed by atoms with Gasteiger partial charge in [-0.05, 0) is 50.4 Å². The number of esters is 1. The number of aliphatic hydroxyl groups is 1. The summed E-state index contributed by atoms with van der Waals surface area (Å²) >= 11 is 0. The van der Waals surface area contributed by atoms with Crippen LogP contribution in [0.4, 0.5) is 52.7 Å². The molecule has 0 aromatic heterocycles. The normalized spacial score (nSPS) is 27.4. The summed E-state index contributed by atoms with van der Waals surface area (Å²) in [7, 11) is 0. The molecule has 5 unspecified atom stereocenters. The third-order valence-corrected chi connectivity index (χ3v) is 6.16. The van der Waals surface area contributed by atoms with E-state index in [1.165, 1.54) is 0 Å². The Hall–Kier alpha value is -1.45. The van der Waals surface area contributed by atoms with E-state index in [0.717, 1.165) is 6.92 Å². The summed E-state index contributed by atoms with van der Waals surface area (Å²) in [6.07, 6.45) is -30.8. The highest BCUT2D eigenvalue weighted by Gasteiger charge is 2.71. The lowest BCUT2D eigenvalue weighted by molar-refractivity contribution is -0.373. The molecule has 5 atom stereocenters. The van der Waals surface area contributed by atoms with Crippen LogP contribution in [-0.2, 0) is 14.3 Å². The van der Waals surface area contributed by atoms with Gasteiger partial charge in [-0.1, -0.05) is 0 Å². The van der Waals surface area contributed by atoms with E-state index < -0.39 is 85.2 Å². The van der Waals surface area contributed by atoms with Crippen molar-refractivity contribution in [3.8, 4) is 0 Å². The Balaban J connectivity index is 2.02. The molecule has 0 heterocycles. The number of carbonyl (C=O) groups excluding carboxylic acids is 1. The number of carbonyl (C=O) groups is 1. The Morgan fingerprint density at radius 1 is 0.882 bits per heavy atom. The van der Waals surface area contributed by atoms with Crippen molar-refractivity contribution < 1.29 is 72.1 Å². The predicted octanol–water partition coefficient (Wildman–Crippen LogP) is 5.34. The summed E-state index contributed by atoms with van der Waals surface area (Å²) in [4.78, 5) is 12.1. The highest BCUT2D eigenvalue weighted by Crippen LogP contribution is 2.56. The lowest BCUT2D eigenvalue weighted by atomic mass is 9.78. The highest BCUT2D eigenvalue weighted by atomic mass is 19.4. The largest absolute Gasteiger partial charge is 0.462 e. The number of rotatable bonds is 7. The molecule has 2 aliphatic carbocycles. The monoisotopic (exact) mass is 528 g/mol. The minimum absolute atomic E-state index is 0.0463. The van der Waals surface area contributed by atoms with Crippen molar-refractivity contribution in [1.82, 2.24) is 0 Å². The molecular weight excluding hydrogens is 508 g/mol.